The van der Waals surface area contributed by atoms with E-state index in [0.29, 0.717) is 29.0 Å². The van der Waals surface area contributed by atoms with Crippen molar-refractivity contribution < 1.29 is 9.72 Å². The van der Waals surface area contributed by atoms with Crippen molar-refractivity contribution >= 4 is 29.1 Å². The van der Waals surface area contributed by atoms with Gasteiger partial charge >= 0.3 is 0 Å². The molecule has 0 amide bonds. The fourth-order valence-electron chi connectivity index (χ4n) is 2.56. The van der Waals surface area contributed by atoms with Crippen molar-refractivity contribution in [1.29, 1.82) is 0 Å². The van der Waals surface area contributed by atoms with Gasteiger partial charge < -0.3 is 0 Å². The Morgan fingerprint density at radius 1 is 1.09 bits per heavy atom. The monoisotopic (exact) mass is 313 g/mol. The molecule has 2 aromatic carbocycles. The smallest absolute Gasteiger partial charge is 0.270 e. The maximum Gasteiger partial charge on any atom is 0.270 e. The average molecular weight is 314 g/mol. The van der Waals surface area contributed by atoms with Gasteiger partial charge in [0.05, 0.1) is 4.92 Å². The third-order valence-corrected chi connectivity index (χ3v) is 3.97. The van der Waals surface area contributed by atoms with Gasteiger partial charge in [-0.25, -0.2) is 0 Å². The summed E-state index contributed by atoms with van der Waals surface area (Å²) in [7, 11) is 0. The molecule has 3 rings (SSSR count). The highest BCUT2D eigenvalue weighted by molar-refractivity contribution is 6.30. The minimum absolute atomic E-state index is 0.0557. The number of Topliss-reactive ketones (excluding diaryl/α,β-unsaturated/α-hetero) is 1. The third kappa shape index (κ3) is 2.78. The van der Waals surface area contributed by atoms with Crippen LogP contribution in [0.4, 0.5) is 5.69 Å². The number of nitrogens with zero attached hydrogens (tertiary/aromatic N) is 1. The zero-order chi connectivity index (χ0) is 15.7. The van der Waals surface area contributed by atoms with Crippen LogP contribution in [0.2, 0.25) is 5.02 Å². The molecule has 0 atom stereocenters. The molecule has 1 aliphatic carbocycles. The van der Waals surface area contributed by atoms with Gasteiger partial charge in [-0.05, 0) is 42.2 Å². The Balaban J connectivity index is 1.98. The molecule has 110 valence electrons. The number of hydrogen-bond donors (Lipinski definition) is 0. The second kappa shape index (κ2) is 5.73. The van der Waals surface area contributed by atoms with Crippen LogP contribution < -0.4 is 0 Å². The lowest BCUT2D eigenvalue weighted by atomic mass is 9.86. The first kappa shape index (κ1) is 14.5. The number of non-ortho nitro benzene ring substituents is 1. The second-order valence-corrected chi connectivity index (χ2v) is 5.59. The summed E-state index contributed by atoms with van der Waals surface area (Å²) in [6.45, 7) is 0. The van der Waals surface area contributed by atoms with E-state index in [4.69, 9.17) is 11.6 Å². The van der Waals surface area contributed by atoms with Crippen molar-refractivity contribution in [2.24, 2.45) is 0 Å². The lowest BCUT2D eigenvalue weighted by Crippen LogP contribution is -2.14. The first-order valence-corrected chi connectivity index (χ1v) is 7.20. The van der Waals surface area contributed by atoms with Crippen LogP contribution in [0.25, 0.3) is 6.08 Å². The van der Waals surface area contributed by atoms with Crippen LogP contribution in [-0.2, 0) is 6.42 Å². The molecule has 2 aromatic rings. The third-order valence-electron chi connectivity index (χ3n) is 3.72. The van der Waals surface area contributed by atoms with Gasteiger partial charge in [-0.1, -0.05) is 29.8 Å². The molecule has 0 heterocycles. The fraction of sp³-hybridized carbons (Fsp3) is 0.118. The number of ketones is 1. The van der Waals surface area contributed by atoms with E-state index in [2.05, 4.69) is 0 Å². The van der Waals surface area contributed by atoms with Crippen molar-refractivity contribution in [3.05, 3.63) is 79.9 Å². The topological polar surface area (TPSA) is 60.2 Å². The van der Waals surface area contributed by atoms with Crippen molar-refractivity contribution in [1.82, 2.24) is 0 Å². The van der Waals surface area contributed by atoms with Crippen molar-refractivity contribution in [2.45, 2.75) is 12.8 Å². The minimum Gasteiger partial charge on any atom is -0.289 e. The summed E-state index contributed by atoms with van der Waals surface area (Å²) in [4.78, 5) is 22.9. The second-order valence-electron chi connectivity index (χ2n) is 5.15. The maximum atomic E-state index is 12.5. The number of fused-ring (bicyclic) bond motifs is 1. The molecule has 0 aliphatic heterocycles. The molecule has 0 fully saturated rings. The summed E-state index contributed by atoms with van der Waals surface area (Å²) in [6.07, 6.45) is 3.16. The Morgan fingerprint density at radius 3 is 2.50 bits per heavy atom. The summed E-state index contributed by atoms with van der Waals surface area (Å²) in [5.74, 6) is -0.139. The molecule has 0 N–H and O–H groups in total. The van der Waals surface area contributed by atoms with Crippen LogP contribution in [0.3, 0.4) is 0 Å². The number of carbonyl (C=O) groups is 1. The van der Waals surface area contributed by atoms with E-state index < -0.39 is 4.92 Å². The molecule has 5 heteroatoms. The SMILES string of the molecule is O=C1C(=Cc2ccc(Cl)cc2)CCc2ccc([N+](=O)[O-])cc21. The van der Waals surface area contributed by atoms with Crippen LogP contribution in [-0.4, -0.2) is 10.7 Å². The summed E-state index contributed by atoms with van der Waals surface area (Å²) in [6, 6.07) is 11.7. The molecule has 0 spiro atoms. The van der Waals surface area contributed by atoms with E-state index in [9.17, 15) is 14.9 Å². The quantitative estimate of drug-likeness (QED) is 0.467. The van der Waals surface area contributed by atoms with Gasteiger partial charge in [0.15, 0.2) is 5.78 Å². The molecule has 0 bridgehead atoms. The van der Waals surface area contributed by atoms with E-state index in [1.807, 2.05) is 18.2 Å². The van der Waals surface area contributed by atoms with Crippen molar-refractivity contribution in [2.75, 3.05) is 0 Å². The van der Waals surface area contributed by atoms with Gasteiger partial charge in [-0.15, -0.1) is 0 Å². The van der Waals surface area contributed by atoms with Crippen molar-refractivity contribution in [3.8, 4) is 0 Å². The molecule has 0 unspecified atom stereocenters. The van der Waals surface area contributed by atoms with Gasteiger partial charge in [-0.3, -0.25) is 14.9 Å². The highest BCUT2D eigenvalue weighted by Gasteiger charge is 2.24. The lowest BCUT2D eigenvalue weighted by Gasteiger charge is -2.17. The van der Waals surface area contributed by atoms with Gasteiger partial charge in [0.25, 0.3) is 5.69 Å². The van der Waals surface area contributed by atoms with E-state index in [1.165, 1.54) is 12.1 Å². The Labute approximate surface area is 132 Å². The number of nitro groups is 1. The lowest BCUT2D eigenvalue weighted by molar-refractivity contribution is -0.384. The van der Waals surface area contributed by atoms with Gasteiger partial charge in [0, 0.05) is 28.3 Å². The highest BCUT2D eigenvalue weighted by Crippen LogP contribution is 2.29. The zero-order valence-corrected chi connectivity index (χ0v) is 12.3. The van der Waals surface area contributed by atoms with Crippen LogP contribution >= 0.6 is 11.6 Å². The summed E-state index contributed by atoms with van der Waals surface area (Å²) < 4.78 is 0. The Bertz CT molecular complexity index is 794. The first-order chi connectivity index (χ1) is 10.5. The minimum atomic E-state index is -0.481. The standard InChI is InChI=1S/C17H12ClNO3/c18-14-6-1-11(2-7-14)9-13-4-3-12-5-8-15(19(21)22)10-16(12)17(13)20/h1-2,5-10H,3-4H2. The molecule has 1 aliphatic rings. The summed E-state index contributed by atoms with van der Waals surface area (Å²) in [5, 5.41) is 11.5. The number of halogens is 1. The van der Waals surface area contributed by atoms with Gasteiger partial charge in [0.1, 0.15) is 0 Å². The number of aryl methyl sites for hydroxylation is 1. The van der Waals surface area contributed by atoms with E-state index in [1.54, 1.807) is 18.2 Å². The summed E-state index contributed by atoms with van der Waals surface area (Å²) in [5.41, 5.74) is 2.79. The molecule has 4 nitrogen and oxygen atoms in total. The summed E-state index contributed by atoms with van der Waals surface area (Å²) >= 11 is 5.85. The fourth-order valence-corrected chi connectivity index (χ4v) is 2.69. The Hall–Kier alpha value is -2.46. The largest absolute Gasteiger partial charge is 0.289 e. The van der Waals surface area contributed by atoms with Gasteiger partial charge in [0.2, 0.25) is 0 Å². The van der Waals surface area contributed by atoms with Crippen LogP contribution in [0.15, 0.2) is 48.0 Å². The number of nitro benzene ring substituents is 1. The predicted octanol–water partition coefficient (Wildman–Crippen LogP) is 4.46. The number of allylic oxidation sites excluding steroid dienone is 1. The van der Waals surface area contributed by atoms with Crippen LogP contribution in [0.5, 0.6) is 0 Å². The zero-order valence-electron chi connectivity index (χ0n) is 11.6. The van der Waals surface area contributed by atoms with E-state index in [-0.39, 0.29) is 11.5 Å². The highest BCUT2D eigenvalue weighted by atomic mass is 35.5. The molecule has 0 aromatic heterocycles. The molecule has 22 heavy (non-hydrogen) atoms. The number of hydrogen-bond acceptors (Lipinski definition) is 3. The van der Waals surface area contributed by atoms with E-state index >= 15 is 0 Å². The predicted molar refractivity (Wildman–Crippen MR) is 85.2 cm³/mol. The molecular weight excluding hydrogens is 302 g/mol. The normalized spacial score (nSPS) is 15.7. The Morgan fingerprint density at radius 2 is 1.82 bits per heavy atom. The van der Waals surface area contributed by atoms with Crippen molar-refractivity contribution in [3.63, 3.8) is 0 Å². The van der Waals surface area contributed by atoms with Gasteiger partial charge in [-0.2, -0.15) is 0 Å². The molecule has 0 saturated carbocycles. The van der Waals surface area contributed by atoms with Crippen LogP contribution in [0.1, 0.15) is 27.9 Å². The molecule has 0 radical (unpaired) electrons. The number of carbonyl (C=O) groups excluding carboxylic acids is 1. The number of benzene rings is 2. The first-order valence-electron chi connectivity index (χ1n) is 6.83. The average Bonchev–Trinajstić information content (AvgIpc) is 2.52. The van der Waals surface area contributed by atoms with E-state index in [0.717, 1.165) is 11.1 Å². The maximum absolute atomic E-state index is 12.5. The number of rotatable bonds is 2. The van der Waals surface area contributed by atoms with Crippen LogP contribution in [0, 0.1) is 10.1 Å². The Kier molecular flexibility index (Phi) is 3.77. The molecular formula is C17H12ClNO3. The molecule has 0 saturated heterocycles.